The Morgan fingerprint density at radius 2 is 2.24 bits per heavy atom. The van der Waals surface area contributed by atoms with Gasteiger partial charge >= 0.3 is 0 Å². The van der Waals surface area contributed by atoms with Crippen LogP contribution in [0.4, 0.5) is 5.13 Å². The lowest BCUT2D eigenvalue weighted by Crippen LogP contribution is -2.20. The van der Waals surface area contributed by atoms with Crippen molar-refractivity contribution in [2.45, 2.75) is 13.8 Å². The van der Waals surface area contributed by atoms with Gasteiger partial charge in [0, 0.05) is 0 Å². The second-order valence-corrected chi connectivity index (χ2v) is 5.46. The number of carbonyl (C=O) groups excluding carboxylic acids is 1. The smallest absolute Gasteiger partial charge is 0.264 e. The fourth-order valence-electron chi connectivity index (χ4n) is 1.77. The second kappa shape index (κ2) is 5.49. The molecule has 1 amide bonds. The quantitative estimate of drug-likeness (QED) is 0.795. The Kier molecular flexibility index (Phi) is 3.53. The monoisotopic (exact) mass is 303 g/mol. The van der Waals surface area contributed by atoms with Crippen LogP contribution < -0.4 is 10.1 Å². The lowest BCUT2D eigenvalue weighted by molar-refractivity contribution is -0.118. The number of hydrogen-bond donors (Lipinski definition) is 1. The molecule has 8 heteroatoms. The minimum atomic E-state index is -0.265. The molecule has 0 unspecified atom stereocenters. The molecule has 0 atom stereocenters. The van der Waals surface area contributed by atoms with Crippen molar-refractivity contribution in [1.82, 2.24) is 19.8 Å². The molecule has 21 heavy (non-hydrogen) atoms. The molecule has 1 aromatic carbocycles. The predicted octanol–water partition coefficient (Wildman–Crippen LogP) is 1.82. The van der Waals surface area contributed by atoms with Gasteiger partial charge in [0.25, 0.3) is 5.91 Å². The van der Waals surface area contributed by atoms with Crippen LogP contribution in [0, 0.1) is 13.8 Å². The van der Waals surface area contributed by atoms with Gasteiger partial charge in [0.1, 0.15) is 5.75 Å². The Hall–Kier alpha value is -2.48. The Morgan fingerprint density at radius 1 is 1.38 bits per heavy atom. The van der Waals surface area contributed by atoms with E-state index in [1.54, 1.807) is 11.4 Å². The summed E-state index contributed by atoms with van der Waals surface area (Å²) < 4.78 is 7.02. The van der Waals surface area contributed by atoms with E-state index in [-0.39, 0.29) is 12.5 Å². The van der Waals surface area contributed by atoms with Crippen molar-refractivity contribution in [2.75, 3.05) is 11.9 Å². The highest BCUT2D eigenvalue weighted by Gasteiger charge is 2.11. The molecule has 0 bridgehead atoms. The van der Waals surface area contributed by atoms with Crippen molar-refractivity contribution < 1.29 is 9.53 Å². The average molecular weight is 303 g/mol. The number of hydrogen-bond acceptors (Lipinski definition) is 6. The van der Waals surface area contributed by atoms with Crippen molar-refractivity contribution in [2.24, 2.45) is 0 Å². The van der Waals surface area contributed by atoms with Gasteiger partial charge < -0.3 is 4.74 Å². The van der Waals surface area contributed by atoms with E-state index in [2.05, 4.69) is 20.6 Å². The van der Waals surface area contributed by atoms with E-state index in [1.807, 2.05) is 31.2 Å². The first-order valence-corrected chi connectivity index (χ1v) is 7.11. The highest BCUT2D eigenvalue weighted by molar-refractivity contribution is 7.20. The summed E-state index contributed by atoms with van der Waals surface area (Å²) in [5.74, 6) is 1.08. The molecule has 0 fully saturated rings. The Balaban J connectivity index is 1.61. The van der Waals surface area contributed by atoms with Crippen LogP contribution in [-0.2, 0) is 4.79 Å². The average Bonchev–Trinajstić information content (AvgIpc) is 2.99. The number of anilines is 1. The number of aromatic nitrogens is 4. The molecular weight excluding hydrogens is 290 g/mol. The molecule has 0 aliphatic carbocycles. The molecule has 3 rings (SSSR count). The van der Waals surface area contributed by atoms with Gasteiger partial charge in [-0.3, -0.25) is 10.1 Å². The Bertz CT molecular complexity index is 795. The molecule has 7 nitrogen and oxygen atoms in total. The van der Waals surface area contributed by atoms with E-state index in [1.165, 1.54) is 11.3 Å². The van der Waals surface area contributed by atoms with Crippen LogP contribution in [0.3, 0.4) is 0 Å². The molecule has 108 valence electrons. The number of rotatable bonds is 4. The van der Waals surface area contributed by atoms with E-state index in [0.29, 0.717) is 21.7 Å². The van der Waals surface area contributed by atoms with E-state index < -0.39 is 0 Å². The molecule has 1 N–H and O–H groups in total. The van der Waals surface area contributed by atoms with E-state index >= 15 is 0 Å². The lowest BCUT2D eigenvalue weighted by atomic mass is 10.2. The third-order valence-corrected chi connectivity index (χ3v) is 3.57. The fraction of sp³-hybridized carbons (Fsp3) is 0.231. The molecule has 0 saturated carbocycles. The molecule has 0 saturated heterocycles. The third-order valence-electron chi connectivity index (χ3n) is 2.75. The molecule has 3 aromatic rings. The normalized spacial score (nSPS) is 10.8. The maximum Gasteiger partial charge on any atom is 0.264 e. The first kappa shape index (κ1) is 13.5. The summed E-state index contributed by atoms with van der Waals surface area (Å²) >= 11 is 1.26. The van der Waals surface area contributed by atoms with E-state index in [9.17, 15) is 4.79 Å². The number of fused-ring (bicyclic) bond motifs is 1. The minimum Gasteiger partial charge on any atom is -0.484 e. The van der Waals surface area contributed by atoms with Crippen LogP contribution in [0.25, 0.3) is 4.96 Å². The van der Waals surface area contributed by atoms with Crippen LogP contribution in [0.5, 0.6) is 5.75 Å². The topological polar surface area (TPSA) is 81.4 Å². The van der Waals surface area contributed by atoms with Crippen molar-refractivity contribution in [1.29, 1.82) is 0 Å². The zero-order valence-corrected chi connectivity index (χ0v) is 12.3. The molecule has 0 spiro atoms. The number of nitrogens with zero attached hydrogens (tertiary/aromatic N) is 4. The van der Waals surface area contributed by atoms with Crippen LogP contribution in [0.1, 0.15) is 11.4 Å². The SMILES string of the molecule is Cc1cccc(OCC(=O)Nc2nn3c(C)nnc3s2)c1. The molecule has 0 radical (unpaired) electrons. The van der Waals surface area contributed by atoms with Gasteiger partial charge in [0.15, 0.2) is 12.4 Å². The number of nitrogens with one attached hydrogen (secondary N) is 1. The number of ether oxygens (including phenoxy) is 1. The summed E-state index contributed by atoms with van der Waals surface area (Å²) in [5.41, 5.74) is 1.08. The molecule has 0 aliphatic rings. The summed E-state index contributed by atoms with van der Waals surface area (Å²) in [6, 6.07) is 7.54. The van der Waals surface area contributed by atoms with Crippen LogP contribution in [-0.4, -0.2) is 32.3 Å². The van der Waals surface area contributed by atoms with Crippen LogP contribution in [0.15, 0.2) is 24.3 Å². The summed E-state index contributed by atoms with van der Waals surface area (Å²) in [7, 11) is 0. The van der Waals surface area contributed by atoms with Crippen molar-refractivity contribution >= 4 is 27.3 Å². The predicted molar refractivity (Wildman–Crippen MR) is 78.7 cm³/mol. The highest BCUT2D eigenvalue weighted by atomic mass is 32.1. The first-order valence-electron chi connectivity index (χ1n) is 6.30. The van der Waals surface area contributed by atoms with Gasteiger partial charge in [0.05, 0.1) is 0 Å². The van der Waals surface area contributed by atoms with Gasteiger partial charge in [-0.25, -0.2) is 0 Å². The summed E-state index contributed by atoms with van der Waals surface area (Å²) in [5, 5.41) is 15.2. The summed E-state index contributed by atoms with van der Waals surface area (Å²) in [6.45, 7) is 3.70. The van der Waals surface area contributed by atoms with E-state index in [0.717, 1.165) is 5.56 Å². The molecule has 2 heterocycles. The van der Waals surface area contributed by atoms with Crippen LogP contribution in [0.2, 0.25) is 0 Å². The van der Waals surface area contributed by atoms with Crippen molar-refractivity contribution in [3.8, 4) is 5.75 Å². The molecule has 0 aliphatic heterocycles. The van der Waals surface area contributed by atoms with E-state index in [4.69, 9.17) is 4.74 Å². The highest BCUT2D eigenvalue weighted by Crippen LogP contribution is 2.18. The maximum absolute atomic E-state index is 11.8. The van der Waals surface area contributed by atoms with Crippen molar-refractivity contribution in [3.63, 3.8) is 0 Å². The number of aryl methyl sites for hydroxylation is 2. The fourth-order valence-corrected chi connectivity index (χ4v) is 2.58. The zero-order valence-electron chi connectivity index (χ0n) is 11.5. The number of carbonyl (C=O) groups is 1. The summed E-state index contributed by atoms with van der Waals surface area (Å²) in [4.78, 5) is 12.5. The van der Waals surface area contributed by atoms with Gasteiger partial charge in [-0.15, -0.1) is 15.3 Å². The van der Waals surface area contributed by atoms with Crippen molar-refractivity contribution in [3.05, 3.63) is 35.7 Å². The van der Waals surface area contributed by atoms with Gasteiger partial charge in [-0.1, -0.05) is 23.5 Å². The first-order chi connectivity index (χ1) is 10.1. The Morgan fingerprint density at radius 3 is 3.00 bits per heavy atom. The third kappa shape index (κ3) is 3.00. The maximum atomic E-state index is 11.8. The zero-order chi connectivity index (χ0) is 14.8. The van der Waals surface area contributed by atoms with Gasteiger partial charge in [-0.05, 0) is 31.5 Å². The summed E-state index contributed by atoms with van der Waals surface area (Å²) in [6.07, 6.45) is 0. The number of amides is 1. The molecule has 2 aromatic heterocycles. The van der Waals surface area contributed by atoms with Gasteiger partial charge in [-0.2, -0.15) is 4.52 Å². The van der Waals surface area contributed by atoms with Crippen LogP contribution >= 0.6 is 11.3 Å². The largest absolute Gasteiger partial charge is 0.484 e. The second-order valence-electron chi connectivity index (χ2n) is 4.50. The minimum absolute atomic E-state index is 0.0669. The standard InChI is InChI=1S/C13H13N5O2S/c1-8-4-3-5-10(6-8)20-7-11(19)14-12-17-18-9(2)15-16-13(18)21-12/h3-6H,7H2,1-2H3,(H,14,17,19). The van der Waals surface area contributed by atoms with Gasteiger partial charge in [0.2, 0.25) is 10.1 Å². The lowest BCUT2D eigenvalue weighted by Gasteiger charge is -2.06. The Labute approximate surface area is 124 Å². The number of benzene rings is 1. The molecular formula is C13H13N5O2S.